The third kappa shape index (κ3) is 3.85. The van der Waals surface area contributed by atoms with Gasteiger partial charge >= 0.3 is 0 Å². The van der Waals surface area contributed by atoms with Crippen LogP contribution in [0.4, 0.5) is 5.69 Å². The van der Waals surface area contributed by atoms with Crippen LogP contribution in [0.3, 0.4) is 0 Å². The van der Waals surface area contributed by atoms with Gasteiger partial charge in [0.1, 0.15) is 0 Å². The average molecular weight is 282 g/mol. The van der Waals surface area contributed by atoms with Crippen LogP contribution in [0.2, 0.25) is 5.02 Å². The quantitative estimate of drug-likeness (QED) is 0.809. The molecule has 0 radical (unpaired) electrons. The van der Waals surface area contributed by atoms with Gasteiger partial charge in [0.25, 0.3) is 0 Å². The van der Waals surface area contributed by atoms with Gasteiger partial charge in [0, 0.05) is 30.3 Å². The lowest BCUT2D eigenvalue weighted by Crippen LogP contribution is -2.47. The normalized spacial score (nSPS) is 15.5. The Morgan fingerprint density at radius 1 is 1.47 bits per heavy atom. The predicted octanol–water partition coefficient (Wildman–Crippen LogP) is 1.78. The first-order valence-electron chi connectivity index (χ1n) is 6.71. The molecule has 19 heavy (non-hydrogen) atoms. The van der Waals surface area contributed by atoms with E-state index in [1.807, 2.05) is 23.1 Å². The number of nitrogens with zero attached hydrogens (tertiary/aromatic N) is 1. The summed E-state index contributed by atoms with van der Waals surface area (Å²) in [5.74, 6) is 0.0658. The average Bonchev–Trinajstić information content (AvgIpc) is 2.41. The van der Waals surface area contributed by atoms with Crippen LogP contribution >= 0.6 is 11.6 Å². The van der Waals surface area contributed by atoms with Crippen molar-refractivity contribution in [3.63, 3.8) is 0 Å². The molecule has 0 aliphatic carbocycles. The third-order valence-electron chi connectivity index (χ3n) is 3.18. The van der Waals surface area contributed by atoms with Crippen LogP contribution in [-0.4, -0.2) is 32.1 Å². The Morgan fingerprint density at radius 3 is 3.00 bits per heavy atom. The van der Waals surface area contributed by atoms with Crippen LogP contribution in [0, 0.1) is 0 Å². The summed E-state index contributed by atoms with van der Waals surface area (Å²) in [6.45, 7) is 5.84. The highest BCUT2D eigenvalue weighted by atomic mass is 35.5. The minimum Gasteiger partial charge on any atom is -0.360 e. The zero-order chi connectivity index (χ0) is 13.7. The van der Waals surface area contributed by atoms with Crippen LogP contribution in [0.15, 0.2) is 18.2 Å². The molecular weight excluding hydrogens is 262 g/mol. The Bertz CT molecular complexity index is 450. The summed E-state index contributed by atoms with van der Waals surface area (Å²) in [6.07, 6.45) is 1.11. The van der Waals surface area contributed by atoms with Crippen molar-refractivity contribution in [2.45, 2.75) is 19.9 Å². The van der Waals surface area contributed by atoms with Crippen LogP contribution in [-0.2, 0) is 11.3 Å². The van der Waals surface area contributed by atoms with Gasteiger partial charge in [-0.15, -0.1) is 0 Å². The second kappa shape index (κ2) is 6.78. The number of halogens is 1. The van der Waals surface area contributed by atoms with E-state index in [9.17, 15) is 4.79 Å². The van der Waals surface area contributed by atoms with Crippen molar-refractivity contribution in [1.29, 1.82) is 0 Å². The van der Waals surface area contributed by atoms with Crippen LogP contribution in [0.25, 0.3) is 0 Å². The number of piperazine rings is 1. The standard InChI is InChI=1S/C14H20ClN3O/c1-2-5-16-9-11-3-4-12(8-13(11)15)18-7-6-17-14(19)10-18/h3-4,8,16H,2,5-7,9-10H2,1H3,(H,17,19). The fourth-order valence-electron chi connectivity index (χ4n) is 2.14. The molecule has 1 aliphatic rings. The number of hydrogen-bond donors (Lipinski definition) is 2. The van der Waals surface area contributed by atoms with E-state index in [1.165, 1.54) is 0 Å². The highest BCUT2D eigenvalue weighted by molar-refractivity contribution is 6.31. The lowest BCUT2D eigenvalue weighted by Gasteiger charge is -2.29. The molecule has 0 saturated carbocycles. The number of carbonyl (C=O) groups is 1. The molecule has 2 rings (SSSR count). The Kier molecular flexibility index (Phi) is 5.05. The molecule has 1 fully saturated rings. The van der Waals surface area contributed by atoms with E-state index in [1.54, 1.807) is 0 Å². The maximum Gasteiger partial charge on any atom is 0.239 e. The lowest BCUT2D eigenvalue weighted by molar-refractivity contribution is -0.120. The van der Waals surface area contributed by atoms with E-state index in [0.717, 1.165) is 42.3 Å². The molecule has 0 spiro atoms. The summed E-state index contributed by atoms with van der Waals surface area (Å²) in [5.41, 5.74) is 2.11. The van der Waals surface area contributed by atoms with E-state index in [0.29, 0.717) is 13.1 Å². The van der Waals surface area contributed by atoms with E-state index >= 15 is 0 Å². The van der Waals surface area contributed by atoms with Crippen molar-refractivity contribution < 1.29 is 4.79 Å². The maximum atomic E-state index is 11.4. The number of nitrogens with one attached hydrogen (secondary N) is 2. The summed E-state index contributed by atoms with van der Waals surface area (Å²) in [6, 6.07) is 6.02. The molecule has 0 atom stereocenters. The van der Waals surface area contributed by atoms with Gasteiger partial charge in [-0.1, -0.05) is 24.6 Å². The summed E-state index contributed by atoms with van der Waals surface area (Å²) >= 11 is 6.30. The molecule has 1 aromatic carbocycles. The number of anilines is 1. The summed E-state index contributed by atoms with van der Waals surface area (Å²) in [7, 11) is 0. The second-order valence-corrected chi connectivity index (χ2v) is 5.13. The lowest BCUT2D eigenvalue weighted by atomic mass is 10.1. The van der Waals surface area contributed by atoms with Crippen molar-refractivity contribution in [1.82, 2.24) is 10.6 Å². The van der Waals surface area contributed by atoms with Crippen molar-refractivity contribution in [2.24, 2.45) is 0 Å². The molecule has 1 saturated heterocycles. The molecule has 104 valence electrons. The Hall–Kier alpha value is -1.26. The van der Waals surface area contributed by atoms with Gasteiger partial charge in [-0.25, -0.2) is 0 Å². The van der Waals surface area contributed by atoms with E-state index in [-0.39, 0.29) is 5.91 Å². The Labute approximate surface area is 119 Å². The summed E-state index contributed by atoms with van der Waals surface area (Å²) in [4.78, 5) is 13.4. The minimum atomic E-state index is 0.0658. The summed E-state index contributed by atoms with van der Waals surface area (Å²) in [5, 5.41) is 6.91. The topological polar surface area (TPSA) is 44.4 Å². The highest BCUT2D eigenvalue weighted by Crippen LogP contribution is 2.24. The SMILES string of the molecule is CCCNCc1ccc(N2CCNC(=O)C2)cc1Cl. The Balaban J connectivity index is 2.03. The first-order chi connectivity index (χ1) is 9.20. The molecule has 0 bridgehead atoms. The number of hydrogen-bond acceptors (Lipinski definition) is 3. The van der Waals surface area contributed by atoms with Gasteiger partial charge in [-0.3, -0.25) is 4.79 Å². The Morgan fingerprint density at radius 2 is 2.32 bits per heavy atom. The van der Waals surface area contributed by atoms with Crippen molar-refractivity contribution in [3.8, 4) is 0 Å². The summed E-state index contributed by atoms with van der Waals surface area (Å²) < 4.78 is 0. The number of amides is 1. The number of rotatable bonds is 5. The molecular formula is C14H20ClN3O. The number of benzene rings is 1. The molecule has 4 nitrogen and oxygen atoms in total. The first kappa shape index (κ1) is 14.2. The van der Waals surface area contributed by atoms with E-state index in [4.69, 9.17) is 11.6 Å². The molecule has 0 aromatic heterocycles. The van der Waals surface area contributed by atoms with Crippen molar-refractivity contribution >= 4 is 23.2 Å². The molecule has 1 aliphatic heterocycles. The zero-order valence-electron chi connectivity index (χ0n) is 11.2. The molecule has 2 N–H and O–H groups in total. The van der Waals surface area contributed by atoms with Crippen LogP contribution < -0.4 is 15.5 Å². The van der Waals surface area contributed by atoms with Gasteiger partial charge in [0.2, 0.25) is 5.91 Å². The monoisotopic (exact) mass is 281 g/mol. The molecule has 1 amide bonds. The zero-order valence-corrected chi connectivity index (χ0v) is 12.0. The van der Waals surface area contributed by atoms with E-state index in [2.05, 4.69) is 17.6 Å². The van der Waals surface area contributed by atoms with Crippen LogP contribution in [0.5, 0.6) is 0 Å². The smallest absolute Gasteiger partial charge is 0.239 e. The molecule has 0 unspecified atom stereocenters. The molecule has 1 heterocycles. The second-order valence-electron chi connectivity index (χ2n) is 4.72. The molecule has 5 heteroatoms. The minimum absolute atomic E-state index is 0.0658. The first-order valence-corrected chi connectivity index (χ1v) is 7.09. The van der Waals surface area contributed by atoms with Crippen molar-refractivity contribution in [3.05, 3.63) is 28.8 Å². The maximum absolute atomic E-state index is 11.4. The molecule has 1 aromatic rings. The van der Waals surface area contributed by atoms with Gasteiger partial charge in [-0.2, -0.15) is 0 Å². The third-order valence-corrected chi connectivity index (χ3v) is 3.53. The predicted molar refractivity (Wildman–Crippen MR) is 78.7 cm³/mol. The van der Waals surface area contributed by atoms with Gasteiger partial charge in [0.15, 0.2) is 0 Å². The van der Waals surface area contributed by atoms with Crippen molar-refractivity contribution in [2.75, 3.05) is 31.1 Å². The van der Waals surface area contributed by atoms with Crippen LogP contribution in [0.1, 0.15) is 18.9 Å². The van der Waals surface area contributed by atoms with Gasteiger partial charge in [-0.05, 0) is 30.7 Å². The fraction of sp³-hybridized carbons (Fsp3) is 0.500. The number of carbonyl (C=O) groups excluding carboxylic acids is 1. The largest absolute Gasteiger partial charge is 0.360 e. The van der Waals surface area contributed by atoms with Gasteiger partial charge in [0.05, 0.1) is 6.54 Å². The fourth-order valence-corrected chi connectivity index (χ4v) is 2.38. The van der Waals surface area contributed by atoms with Gasteiger partial charge < -0.3 is 15.5 Å². The highest BCUT2D eigenvalue weighted by Gasteiger charge is 2.17. The van der Waals surface area contributed by atoms with E-state index < -0.39 is 0 Å².